The van der Waals surface area contributed by atoms with Crippen molar-refractivity contribution in [1.29, 1.82) is 0 Å². The van der Waals surface area contributed by atoms with Gasteiger partial charge in [-0.15, -0.1) is 0 Å². The minimum absolute atomic E-state index is 0.283. The van der Waals surface area contributed by atoms with Crippen molar-refractivity contribution < 1.29 is 9.53 Å². The molecular formula is C22H22N6O2. The normalized spacial score (nSPS) is 11.1. The Morgan fingerprint density at radius 1 is 1.20 bits per heavy atom. The summed E-state index contributed by atoms with van der Waals surface area (Å²) in [5.74, 6) is 0.411. The smallest absolute Gasteiger partial charge is 0.248 e. The lowest BCUT2D eigenvalue weighted by Crippen LogP contribution is -2.11. The maximum atomic E-state index is 11.5. The summed E-state index contributed by atoms with van der Waals surface area (Å²) in [4.78, 5) is 24.8. The van der Waals surface area contributed by atoms with Gasteiger partial charge >= 0.3 is 0 Å². The molecule has 0 aliphatic rings. The van der Waals surface area contributed by atoms with Gasteiger partial charge in [0.2, 0.25) is 11.9 Å². The zero-order valence-corrected chi connectivity index (χ0v) is 17.0. The molecule has 8 heteroatoms. The van der Waals surface area contributed by atoms with Crippen molar-refractivity contribution in [3.8, 4) is 17.0 Å². The highest BCUT2D eigenvalue weighted by atomic mass is 16.5. The van der Waals surface area contributed by atoms with Crippen LogP contribution in [0.2, 0.25) is 0 Å². The van der Waals surface area contributed by atoms with Crippen molar-refractivity contribution in [2.24, 2.45) is 5.73 Å². The van der Waals surface area contributed by atoms with E-state index in [1.165, 1.54) is 0 Å². The van der Waals surface area contributed by atoms with Crippen LogP contribution in [0.3, 0.4) is 0 Å². The van der Waals surface area contributed by atoms with Crippen molar-refractivity contribution in [1.82, 2.24) is 19.5 Å². The number of amides is 1. The molecule has 0 saturated carbocycles. The Labute approximate surface area is 173 Å². The highest BCUT2D eigenvalue weighted by Gasteiger charge is 2.15. The topological polar surface area (TPSA) is 108 Å². The highest BCUT2D eigenvalue weighted by molar-refractivity contribution is 5.95. The molecule has 0 unspecified atom stereocenters. The first-order chi connectivity index (χ1) is 14.5. The average Bonchev–Trinajstić information content (AvgIpc) is 3.14. The molecule has 0 saturated heterocycles. The van der Waals surface area contributed by atoms with E-state index in [4.69, 9.17) is 10.5 Å². The fourth-order valence-corrected chi connectivity index (χ4v) is 3.38. The largest absolute Gasteiger partial charge is 0.495 e. The molecule has 8 nitrogen and oxygen atoms in total. The van der Waals surface area contributed by atoms with E-state index < -0.39 is 5.91 Å². The summed E-state index contributed by atoms with van der Waals surface area (Å²) in [7, 11) is 1.55. The number of pyridine rings is 1. The van der Waals surface area contributed by atoms with Crippen LogP contribution in [0.15, 0.2) is 55.1 Å². The molecule has 30 heavy (non-hydrogen) atoms. The van der Waals surface area contributed by atoms with Crippen LogP contribution < -0.4 is 15.8 Å². The fraction of sp³-hybridized carbons (Fsp3) is 0.182. The molecule has 0 atom stereocenters. The van der Waals surface area contributed by atoms with Gasteiger partial charge in [0.05, 0.1) is 30.2 Å². The van der Waals surface area contributed by atoms with Crippen molar-refractivity contribution in [2.75, 3.05) is 12.4 Å². The standard InChI is InChI=1S/C22H22N6O2/c1-13(2)28-12-16(15-6-8-24-11-19(15)28)17-7-9-25-22(26-17)27-18-10-14(21(23)29)4-5-20(18)30-3/h4-13H,1-3H3,(H2,23,29)(H,25,26,27). The van der Waals surface area contributed by atoms with Crippen LogP contribution in [0.25, 0.3) is 22.2 Å². The first-order valence-electron chi connectivity index (χ1n) is 9.50. The van der Waals surface area contributed by atoms with E-state index >= 15 is 0 Å². The molecule has 4 rings (SSSR count). The van der Waals surface area contributed by atoms with Gasteiger partial charge in [0.1, 0.15) is 5.75 Å². The van der Waals surface area contributed by atoms with E-state index in [-0.39, 0.29) is 6.04 Å². The molecule has 0 fully saturated rings. The lowest BCUT2D eigenvalue weighted by molar-refractivity contribution is 0.100. The summed E-state index contributed by atoms with van der Waals surface area (Å²) in [6, 6.07) is 9.03. The van der Waals surface area contributed by atoms with Crippen molar-refractivity contribution in [3.63, 3.8) is 0 Å². The van der Waals surface area contributed by atoms with Crippen LogP contribution in [0.5, 0.6) is 5.75 Å². The number of rotatable bonds is 6. The number of nitrogens with zero attached hydrogens (tertiary/aromatic N) is 4. The molecule has 3 aromatic heterocycles. The summed E-state index contributed by atoms with van der Waals surface area (Å²) < 4.78 is 7.55. The third-order valence-corrected chi connectivity index (χ3v) is 4.85. The third kappa shape index (κ3) is 3.55. The Hall–Kier alpha value is -3.94. The molecule has 0 bridgehead atoms. The van der Waals surface area contributed by atoms with Gasteiger partial charge in [-0.1, -0.05) is 0 Å². The van der Waals surface area contributed by atoms with E-state index in [0.717, 1.165) is 22.2 Å². The zero-order chi connectivity index (χ0) is 21.3. The molecule has 3 N–H and O–H groups in total. The molecule has 3 heterocycles. The van der Waals surface area contributed by atoms with Crippen molar-refractivity contribution in [3.05, 3.63) is 60.7 Å². The van der Waals surface area contributed by atoms with Gasteiger partial charge in [0.15, 0.2) is 0 Å². The van der Waals surface area contributed by atoms with Crippen LogP contribution in [0.4, 0.5) is 11.6 Å². The maximum absolute atomic E-state index is 11.5. The van der Waals surface area contributed by atoms with E-state index in [1.54, 1.807) is 37.7 Å². The Morgan fingerprint density at radius 2 is 2.03 bits per heavy atom. The minimum Gasteiger partial charge on any atom is -0.495 e. The maximum Gasteiger partial charge on any atom is 0.248 e. The van der Waals surface area contributed by atoms with Gasteiger partial charge in [0.25, 0.3) is 0 Å². The van der Waals surface area contributed by atoms with E-state index in [2.05, 4.69) is 44.9 Å². The second-order valence-electron chi connectivity index (χ2n) is 7.11. The van der Waals surface area contributed by atoms with Crippen LogP contribution in [0.1, 0.15) is 30.2 Å². The first-order valence-corrected chi connectivity index (χ1v) is 9.50. The molecule has 0 aliphatic carbocycles. The molecule has 1 aromatic carbocycles. The van der Waals surface area contributed by atoms with Gasteiger partial charge in [-0.25, -0.2) is 9.97 Å². The zero-order valence-electron chi connectivity index (χ0n) is 17.0. The highest BCUT2D eigenvalue weighted by Crippen LogP contribution is 2.32. The predicted molar refractivity (Wildman–Crippen MR) is 116 cm³/mol. The number of primary amides is 1. The lowest BCUT2D eigenvalue weighted by atomic mass is 10.1. The molecular weight excluding hydrogens is 380 g/mol. The molecule has 1 amide bonds. The number of aromatic nitrogens is 4. The molecule has 152 valence electrons. The number of hydrogen-bond acceptors (Lipinski definition) is 6. The molecule has 0 radical (unpaired) electrons. The quantitative estimate of drug-likeness (QED) is 0.506. The molecule has 4 aromatic rings. The Balaban J connectivity index is 1.76. The van der Waals surface area contributed by atoms with E-state index in [0.29, 0.717) is 22.9 Å². The van der Waals surface area contributed by atoms with Crippen LogP contribution in [0, 0.1) is 0 Å². The van der Waals surface area contributed by atoms with Crippen LogP contribution in [-0.4, -0.2) is 32.5 Å². The second-order valence-corrected chi connectivity index (χ2v) is 7.11. The van der Waals surface area contributed by atoms with Gasteiger partial charge in [0, 0.05) is 41.1 Å². The van der Waals surface area contributed by atoms with E-state index in [1.807, 2.05) is 18.3 Å². The number of carbonyl (C=O) groups excluding carboxylic acids is 1. The summed E-state index contributed by atoms with van der Waals surface area (Å²) in [5.41, 5.74) is 9.13. The second kappa shape index (κ2) is 7.82. The Bertz CT molecular complexity index is 1230. The van der Waals surface area contributed by atoms with Gasteiger partial charge in [-0.2, -0.15) is 0 Å². The van der Waals surface area contributed by atoms with E-state index in [9.17, 15) is 4.79 Å². The number of methoxy groups -OCH3 is 1. The summed E-state index contributed by atoms with van der Waals surface area (Å²) >= 11 is 0. The van der Waals surface area contributed by atoms with Gasteiger partial charge < -0.3 is 20.4 Å². The van der Waals surface area contributed by atoms with Crippen LogP contribution >= 0.6 is 0 Å². The first kappa shape index (κ1) is 19.4. The monoisotopic (exact) mass is 402 g/mol. The lowest BCUT2D eigenvalue weighted by Gasteiger charge is -2.11. The fourth-order valence-electron chi connectivity index (χ4n) is 3.38. The number of nitrogens with one attached hydrogen (secondary N) is 1. The number of nitrogens with two attached hydrogens (primary N) is 1. The number of fused-ring (bicyclic) bond motifs is 1. The Morgan fingerprint density at radius 3 is 2.77 bits per heavy atom. The van der Waals surface area contributed by atoms with Crippen molar-refractivity contribution >= 4 is 28.4 Å². The Kier molecular flexibility index (Phi) is 5.05. The number of hydrogen-bond donors (Lipinski definition) is 2. The summed E-state index contributed by atoms with van der Waals surface area (Å²) in [6.45, 7) is 4.25. The van der Waals surface area contributed by atoms with Gasteiger partial charge in [-0.3, -0.25) is 9.78 Å². The summed E-state index contributed by atoms with van der Waals surface area (Å²) in [6.07, 6.45) is 7.41. The molecule has 0 spiro atoms. The third-order valence-electron chi connectivity index (χ3n) is 4.85. The number of anilines is 2. The van der Waals surface area contributed by atoms with Crippen molar-refractivity contribution in [2.45, 2.75) is 19.9 Å². The van der Waals surface area contributed by atoms with Crippen LogP contribution in [-0.2, 0) is 0 Å². The summed E-state index contributed by atoms with van der Waals surface area (Å²) in [5, 5.41) is 4.20. The SMILES string of the molecule is COc1ccc(C(N)=O)cc1Nc1nccc(-c2cn(C(C)C)c3cnccc23)n1. The predicted octanol–water partition coefficient (Wildman–Crippen LogP) is 3.93. The molecule has 0 aliphatic heterocycles. The number of ether oxygens (including phenoxy) is 1. The number of benzene rings is 1. The number of carbonyl (C=O) groups is 1. The van der Waals surface area contributed by atoms with Gasteiger partial charge in [-0.05, 0) is 44.2 Å². The minimum atomic E-state index is -0.523. The average molecular weight is 402 g/mol.